The second kappa shape index (κ2) is 5.73. The van der Waals surface area contributed by atoms with Gasteiger partial charge in [0.2, 0.25) is 5.96 Å². The number of halogens is 2. The first-order valence-corrected chi connectivity index (χ1v) is 7.43. The highest BCUT2D eigenvalue weighted by Gasteiger charge is 2.20. The van der Waals surface area contributed by atoms with Gasteiger partial charge in [0.1, 0.15) is 5.69 Å². The summed E-state index contributed by atoms with van der Waals surface area (Å²) in [7, 11) is 0. The Kier molecular flexibility index (Phi) is 3.79. The lowest BCUT2D eigenvalue weighted by Gasteiger charge is -2.29. The zero-order valence-electron chi connectivity index (χ0n) is 11.1. The van der Waals surface area contributed by atoms with Crippen LogP contribution in [0.2, 0.25) is 0 Å². The smallest absolute Gasteiger partial charge is 0.201 e. The first-order valence-electron chi connectivity index (χ1n) is 6.44. The molecule has 0 radical (unpaired) electrons. The third-order valence-electron chi connectivity index (χ3n) is 3.17. The molecule has 3 rings (SSSR count). The van der Waals surface area contributed by atoms with Crippen LogP contribution in [0.1, 0.15) is 0 Å². The molecule has 1 aliphatic rings. The van der Waals surface area contributed by atoms with E-state index in [1.165, 1.54) is 12.1 Å². The number of rotatable bonds is 1. The summed E-state index contributed by atoms with van der Waals surface area (Å²) >= 11 is 1.74. The molecule has 108 valence electrons. The lowest BCUT2D eigenvalue weighted by molar-refractivity contribution is 0.510. The summed E-state index contributed by atoms with van der Waals surface area (Å²) in [6.45, 7) is 0.675. The van der Waals surface area contributed by atoms with Crippen LogP contribution in [0.5, 0.6) is 0 Å². The number of para-hydroxylation sites is 1. The second-order valence-corrected chi connectivity index (χ2v) is 5.65. The maximum atomic E-state index is 13.7. The van der Waals surface area contributed by atoms with E-state index in [4.69, 9.17) is 5.73 Å². The summed E-state index contributed by atoms with van der Waals surface area (Å²) in [6, 6.07) is 11.7. The van der Waals surface area contributed by atoms with E-state index >= 15 is 0 Å². The molecule has 0 aliphatic carbocycles. The standard InChI is InChI=1S/C15H13F2N3S/c16-10-4-3-5-11(14(10)17)19-15(18)20-8-9-21-13-7-2-1-6-12(13)20/h1-7H,8-9H2,(H2,18,19). The van der Waals surface area contributed by atoms with Gasteiger partial charge in [-0.25, -0.2) is 13.8 Å². The van der Waals surface area contributed by atoms with E-state index in [1.54, 1.807) is 11.8 Å². The van der Waals surface area contributed by atoms with Crippen LogP contribution in [-0.2, 0) is 0 Å². The Labute approximate surface area is 125 Å². The number of thioether (sulfide) groups is 1. The topological polar surface area (TPSA) is 41.6 Å². The van der Waals surface area contributed by atoms with Crippen molar-refractivity contribution in [3.63, 3.8) is 0 Å². The molecular formula is C15H13F2N3S. The zero-order valence-corrected chi connectivity index (χ0v) is 11.9. The summed E-state index contributed by atoms with van der Waals surface area (Å²) in [6.07, 6.45) is 0. The molecule has 2 aromatic carbocycles. The van der Waals surface area contributed by atoms with Gasteiger partial charge in [0.15, 0.2) is 11.6 Å². The molecule has 0 fully saturated rings. The Bertz CT molecular complexity index is 703. The monoisotopic (exact) mass is 305 g/mol. The predicted octanol–water partition coefficient (Wildman–Crippen LogP) is 3.52. The molecule has 0 spiro atoms. The van der Waals surface area contributed by atoms with Gasteiger partial charge < -0.3 is 10.6 Å². The Balaban J connectivity index is 1.98. The molecule has 6 heteroatoms. The fourth-order valence-electron chi connectivity index (χ4n) is 2.17. The van der Waals surface area contributed by atoms with Crippen molar-refractivity contribution >= 4 is 29.1 Å². The first-order chi connectivity index (χ1) is 10.2. The van der Waals surface area contributed by atoms with Gasteiger partial charge >= 0.3 is 0 Å². The highest BCUT2D eigenvalue weighted by molar-refractivity contribution is 7.99. The Morgan fingerprint density at radius 2 is 1.95 bits per heavy atom. The van der Waals surface area contributed by atoms with Gasteiger partial charge in [-0.3, -0.25) is 0 Å². The van der Waals surface area contributed by atoms with Crippen molar-refractivity contribution in [1.29, 1.82) is 0 Å². The molecule has 1 aliphatic heterocycles. The summed E-state index contributed by atoms with van der Waals surface area (Å²) in [4.78, 5) is 6.95. The van der Waals surface area contributed by atoms with Crippen LogP contribution in [0, 0.1) is 11.6 Å². The third kappa shape index (κ3) is 2.71. The number of hydrogen-bond donors (Lipinski definition) is 1. The van der Waals surface area contributed by atoms with Gasteiger partial charge in [-0.15, -0.1) is 11.8 Å². The fourth-order valence-corrected chi connectivity index (χ4v) is 3.16. The van der Waals surface area contributed by atoms with Gasteiger partial charge in [-0.1, -0.05) is 18.2 Å². The van der Waals surface area contributed by atoms with Gasteiger partial charge in [-0.2, -0.15) is 0 Å². The van der Waals surface area contributed by atoms with Crippen LogP contribution in [0.15, 0.2) is 52.4 Å². The molecule has 0 saturated heterocycles. The number of fused-ring (bicyclic) bond motifs is 1. The highest BCUT2D eigenvalue weighted by atomic mass is 32.2. The number of guanidine groups is 1. The maximum Gasteiger partial charge on any atom is 0.201 e. The number of aliphatic imine (C=N–C) groups is 1. The molecular weight excluding hydrogens is 292 g/mol. The molecule has 2 N–H and O–H groups in total. The van der Waals surface area contributed by atoms with E-state index in [9.17, 15) is 8.78 Å². The van der Waals surface area contributed by atoms with Gasteiger partial charge in [-0.05, 0) is 24.3 Å². The van der Waals surface area contributed by atoms with Crippen LogP contribution in [0.25, 0.3) is 0 Å². The summed E-state index contributed by atoms with van der Waals surface area (Å²) in [5, 5.41) is 0. The number of nitrogens with two attached hydrogens (primary N) is 1. The second-order valence-electron chi connectivity index (χ2n) is 4.51. The van der Waals surface area contributed by atoms with Crippen LogP contribution < -0.4 is 10.6 Å². The minimum Gasteiger partial charge on any atom is -0.369 e. The Morgan fingerprint density at radius 1 is 1.14 bits per heavy atom. The molecule has 3 nitrogen and oxygen atoms in total. The van der Waals surface area contributed by atoms with Crippen molar-refractivity contribution in [3.05, 3.63) is 54.1 Å². The highest BCUT2D eigenvalue weighted by Crippen LogP contribution is 2.34. The van der Waals surface area contributed by atoms with Crippen LogP contribution >= 0.6 is 11.8 Å². The predicted molar refractivity (Wildman–Crippen MR) is 82.2 cm³/mol. The van der Waals surface area contributed by atoms with Crippen molar-refractivity contribution in [3.8, 4) is 0 Å². The van der Waals surface area contributed by atoms with E-state index in [2.05, 4.69) is 4.99 Å². The Morgan fingerprint density at radius 3 is 2.81 bits per heavy atom. The fraction of sp³-hybridized carbons (Fsp3) is 0.133. The molecule has 0 bridgehead atoms. The molecule has 21 heavy (non-hydrogen) atoms. The summed E-state index contributed by atoms with van der Waals surface area (Å²) < 4.78 is 26.9. The maximum absolute atomic E-state index is 13.7. The van der Waals surface area contributed by atoms with Crippen LogP contribution in [0.4, 0.5) is 20.2 Å². The quantitative estimate of drug-likeness (QED) is 0.647. The molecule has 1 heterocycles. The number of hydrogen-bond acceptors (Lipinski definition) is 2. The summed E-state index contributed by atoms with van der Waals surface area (Å²) in [5.74, 6) is -0.898. The lowest BCUT2D eigenvalue weighted by Crippen LogP contribution is -2.40. The van der Waals surface area contributed by atoms with E-state index in [-0.39, 0.29) is 11.6 Å². The molecule has 2 aromatic rings. The van der Waals surface area contributed by atoms with E-state index in [0.717, 1.165) is 22.4 Å². The lowest BCUT2D eigenvalue weighted by atomic mass is 10.3. The number of anilines is 1. The molecule has 0 saturated carbocycles. The number of nitrogens with zero attached hydrogens (tertiary/aromatic N) is 2. The van der Waals surface area contributed by atoms with Crippen molar-refractivity contribution in [2.45, 2.75) is 4.90 Å². The van der Waals surface area contributed by atoms with Gasteiger partial charge in [0.05, 0.1) is 5.69 Å². The van der Waals surface area contributed by atoms with Crippen molar-refractivity contribution in [1.82, 2.24) is 0 Å². The van der Waals surface area contributed by atoms with Crippen LogP contribution in [-0.4, -0.2) is 18.3 Å². The average molecular weight is 305 g/mol. The molecule has 0 amide bonds. The molecule has 0 aromatic heterocycles. The normalized spacial score (nSPS) is 15.0. The largest absolute Gasteiger partial charge is 0.369 e. The summed E-state index contributed by atoms with van der Waals surface area (Å²) in [5.41, 5.74) is 6.83. The minimum atomic E-state index is -0.986. The third-order valence-corrected chi connectivity index (χ3v) is 4.21. The number of benzene rings is 2. The van der Waals surface area contributed by atoms with Crippen molar-refractivity contribution < 1.29 is 8.78 Å². The Hall–Kier alpha value is -2.08. The minimum absolute atomic E-state index is 0.0943. The molecule has 0 unspecified atom stereocenters. The van der Waals surface area contributed by atoms with E-state index in [1.807, 2.05) is 29.2 Å². The average Bonchev–Trinajstić information content (AvgIpc) is 2.51. The van der Waals surface area contributed by atoms with Gasteiger partial charge in [0, 0.05) is 17.2 Å². The first kappa shape index (κ1) is 13.9. The van der Waals surface area contributed by atoms with Crippen LogP contribution in [0.3, 0.4) is 0 Å². The van der Waals surface area contributed by atoms with Gasteiger partial charge in [0.25, 0.3) is 0 Å². The van der Waals surface area contributed by atoms with Crippen molar-refractivity contribution in [2.24, 2.45) is 10.7 Å². The SMILES string of the molecule is NC(=Nc1cccc(F)c1F)N1CCSc2ccccc21. The van der Waals surface area contributed by atoms with Crippen molar-refractivity contribution in [2.75, 3.05) is 17.2 Å². The van der Waals surface area contributed by atoms with E-state index in [0.29, 0.717) is 6.54 Å². The van der Waals surface area contributed by atoms with E-state index < -0.39 is 11.6 Å². The zero-order chi connectivity index (χ0) is 14.8. The molecule has 0 atom stereocenters.